The minimum absolute atomic E-state index is 0.157. The van der Waals surface area contributed by atoms with Gasteiger partial charge in [-0.15, -0.1) is 0 Å². The highest BCUT2D eigenvalue weighted by Gasteiger charge is 2.37. The van der Waals surface area contributed by atoms with E-state index in [1.165, 1.54) is 44.9 Å². The highest BCUT2D eigenvalue weighted by molar-refractivity contribution is 5.67. The van der Waals surface area contributed by atoms with Crippen molar-refractivity contribution in [3.05, 3.63) is 0 Å². The van der Waals surface area contributed by atoms with Crippen molar-refractivity contribution < 1.29 is 19.0 Å². The fourth-order valence-electron chi connectivity index (χ4n) is 3.07. The van der Waals surface area contributed by atoms with Gasteiger partial charge in [-0.25, -0.2) is 4.79 Å². The highest BCUT2D eigenvalue weighted by Crippen LogP contribution is 2.29. The van der Waals surface area contributed by atoms with Gasteiger partial charge >= 0.3 is 6.09 Å². The van der Waals surface area contributed by atoms with E-state index in [1.807, 2.05) is 6.92 Å². The van der Waals surface area contributed by atoms with Crippen molar-refractivity contribution in [1.82, 2.24) is 5.32 Å². The summed E-state index contributed by atoms with van der Waals surface area (Å²) in [4.78, 5) is 11.5. The normalized spacial score (nSPS) is 22.9. The van der Waals surface area contributed by atoms with Gasteiger partial charge < -0.3 is 19.5 Å². The number of ether oxygens (including phenoxy) is 3. The third-order valence-corrected chi connectivity index (χ3v) is 4.67. The van der Waals surface area contributed by atoms with Crippen LogP contribution in [0.25, 0.3) is 0 Å². The van der Waals surface area contributed by atoms with Gasteiger partial charge in [0.2, 0.25) is 0 Å². The molecule has 0 bridgehead atoms. The van der Waals surface area contributed by atoms with E-state index in [-0.39, 0.29) is 18.8 Å². The number of unbranched alkanes of at least 4 members (excludes halogenated alkanes) is 8. The zero-order valence-electron chi connectivity index (χ0n) is 16.6. The number of amides is 1. The fraction of sp³-hybridized carbons (Fsp3) is 0.950. The lowest BCUT2D eigenvalue weighted by Gasteiger charge is -2.23. The van der Waals surface area contributed by atoms with Gasteiger partial charge in [-0.3, -0.25) is 0 Å². The first kappa shape index (κ1) is 22.2. The van der Waals surface area contributed by atoms with Crippen molar-refractivity contribution in [1.29, 1.82) is 0 Å². The Bertz CT molecular complexity index is 351. The van der Waals surface area contributed by atoms with Crippen LogP contribution in [0.3, 0.4) is 0 Å². The van der Waals surface area contributed by atoms with Crippen molar-refractivity contribution in [2.75, 3.05) is 19.8 Å². The van der Waals surface area contributed by atoms with E-state index in [9.17, 15) is 4.79 Å². The molecule has 25 heavy (non-hydrogen) atoms. The second-order valence-corrected chi connectivity index (χ2v) is 7.29. The molecule has 2 atom stereocenters. The van der Waals surface area contributed by atoms with Gasteiger partial charge in [-0.2, -0.15) is 0 Å². The van der Waals surface area contributed by atoms with Crippen LogP contribution >= 0.6 is 0 Å². The summed E-state index contributed by atoms with van der Waals surface area (Å²) in [5.74, 6) is -0.519. The third-order valence-electron chi connectivity index (χ3n) is 4.67. The van der Waals surface area contributed by atoms with Gasteiger partial charge in [0, 0.05) is 13.0 Å². The number of carbonyl (C=O) groups is 1. The van der Waals surface area contributed by atoms with Crippen molar-refractivity contribution >= 4 is 6.09 Å². The SMILES string of the molecule is CCCCCCCCCCC1(C)OCC(COC(=O)NCCCC)O1. The maximum absolute atomic E-state index is 11.5. The Morgan fingerprint density at radius 2 is 1.68 bits per heavy atom. The molecule has 2 unspecified atom stereocenters. The first-order valence-electron chi connectivity index (χ1n) is 10.3. The monoisotopic (exact) mass is 357 g/mol. The van der Waals surface area contributed by atoms with Crippen molar-refractivity contribution in [3.63, 3.8) is 0 Å². The number of rotatable bonds is 14. The van der Waals surface area contributed by atoms with E-state index >= 15 is 0 Å². The smallest absolute Gasteiger partial charge is 0.407 e. The summed E-state index contributed by atoms with van der Waals surface area (Å²) in [7, 11) is 0. The van der Waals surface area contributed by atoms with Crippen LogP contribution in [0.1, 0.15) is 91.4 Å². The molecule has 1 aliphatic rings. The average molecular weight is 358 g/mol. The second kappa shape index (κ2) is 13.4. The molecule has 1 rings (SSSR count). The lowest BCUT2D eigenvalue weighted by Crippen LogP contribution is -2.31. The Labute approximate surface area is 154 Å². The summed E-state index contributed by atoms with van der Waals surface area (Å²) in [6.07, 6.45) is 12.8. The predicted octanol–water partition coefficient (Wildman–Crippen LogP) is 5.18. The Kier molecular flexibility index (Phi) is 11.9. The molecule has 0 aromatic heterocycles. The molecule has 148 valence electrons. The second-order valence-electron chi connectivity index (χ2n) is 7.29. The van der Waals surface area contributed by atoms with Gasteiger partial charge in [0.25, 0.3) is 0 Å². The van der Waals surface area contributed by atoms with Crippen LogP contribution < -0.4 is 5.32 Å². The van der Waals surface area contributed by atoms with Gasteiger partial charge in [-0.1, -0.05) is 65.2 Å². The van der Waals surface area contributed by atoms with Crippen LogP contribution in [0.2, 0.25) is 0 Å². The van der Waals surface area contributed by atoms with Gasteiger partial charge in [0.15, 0.2) is 5.79 Å². The van der Waals surface area contributed by atoms with Crippen LogP contribution in [-0.2, 0) is 14.2 Å². The summed E-state index contributed by atoms with van der Waals surface area (Å²) in [5, 5.41) is 2.74. The Morgan fingerprint density at radius 1 is 1.04 bits per heavy atom. The average Bonchev–Trinajstić information content (AvgIpc) is 2.97. The van der Waals surface area contributed by atoms with Crippen LogP contribution in [0, 0.1) is 0 Å². The molecule has 1 aliphatic heterocycles. The molecule has 0 aliphatic carbocycles. The van der Waals surface area contributed by atoms with E-state index < -0.39 is 5.79 Å². The topological polar surface area (TPSA) is 56.8 Å². The molecule has 1 heterocycles. The lowest BCUT2D eigenvalue weighted by atomic mass is 10.0. The molecule has 1 amide bonds. The highest BCUT2D eigenvalue weighted by atomic mass is 16.7. The Morgan fingerprint density at radius 3 is 2.36 bits per heavy atom. The Hall–Kier alpha value is -0.810. The van der Waals surface area contributed by atoms with Crippen molar-refractivity contribution in [2.45, 2.75) is 103 Å². The zero-order chi connectivity index (χ0) is 18.4. The molecule has 1 fully saturated rings. The summed E-state index contributed by atoms with van der Waals surface area (Å²) < 4.78 is 17.0. The largest absolute Gasteiger partial charge is 0.447 e. The van der Waals surface area contributed by atoms with E-state index in [1.54, 1.807) is 0 Å². The number of carbonyl (C=O) groups excluding carboxylic acids is 1. The van der Waals surface area contributed by atoms with Crippen LogP contribution in [0.15, 0.2) is 0 Å². The third kappa shape index (κ3) is 10.7. The molecule has 0 saturated carbocycles. The zero-order valence-corrected chi connectivity index (χ0v) is 16.6. The molecule has 0 aromatic rings. The van der Waals surface area contributed by atoms with Gasteiger partial charge in [-0.05, 0) is 19.8 Å². The van der Waals surface area contributed by atoms with Crippen LogP contribution in [-0.4, -0.2) is 37.7 Å². The number of alkyl carbamates (subject to hydrolysis) is 1. The van der Waals surface area contributed by atoms with E-state index in [2.05, 4.69) is 19.2 Å². The van der Waals surface area contributed by atoms with Gasteiger partial charge in [0.1, 0.15) is 12.7 Å². The first-order valence-corrected chi connectivity index (χ1v) is 10.3. The van der Waals surface area contributed by atoms with Crippen molar-refractivity contribution in [3.8, 4) is 0 Å². The lowest BCUT2D eigenvalue weighted by molar-refractivity contribution is -0.162. The standard InChI is InChI=1S/C20H39NO4/c1-4-6-8-9-10-11-12-13-14-20(3)24-17-18(25-20)16-23-19(22)21-15-7-5-2/h18H,4-17H2,1-3H3,(H,21,22). The number of nitrogens with one attached hydrogen (secondary N) is 1. The summed E-state index contributed by atoms with van der Waals surface area (Å²) >= 11 is 0. The molecule has 1 N–H and O–H groups in total. The fourth-order valence-corrected chi connectivity index (χ4v) is 3.07. The molecule has 0 aromatic carbocycles. The molecule has 0 radical (unpaired) electrons. The molecular formula is C20H39NO4. The van der Waals surface area contributed by atoms with Gasteiger partial charge in [0.05, 0.1) is 6.61 Å². The summed E-state index contributed by atoms with van der Waals surface area (Å²) in [6, 6.07) is 0. The Balaban J connectivity index is 2.04. The van der Waals surface area contributed by atoms with Crippen LogP contribution in [0.5, 0.6) is 0 Å². The summed E-state index contributed by atoms with van der Waals surface area (Å²) in [5.41, 5.74) is 0. The molecule has 5 heteroatoms. The van der Waals surface area contributed by atoms with E-state index in [0.29, 0.717) is 13.2 Å². The van der Waals surface area contributed by atoms with Crippen molar-refractivity contribution in [2.24, 2.45) is 0 Å². The number of hydrogen-bond acceptors (Lipinski definition) is 4. The quantitative estimate of drug-likeness (QED) is 0.435. The molecule has 0 spiro atoms. The molecule has 5 nitrogen and oxygen atoms in total. The maximum Gasteiger partial charge on any atom is 0.407 e. The van der Waals surface area contributed by atoms with E-state index in [0.717, 1.165) is 25.7 Å². The number of hydrogen-bond donors (Lipinski definition) is 1. The molecular weight excluding hydrogens is 318 g/mol. The minimum atomic E-state index is -0.519. The summed E-state index contributed by atoms with van der Waals surface area (Å²) in [6.45, 7) is 7.74. The maximum atomic E-state index is 11.5. The predicted molar refractivity (Wildman–Crippen MR) is 101 cm³/mol. The first-order chi connectivity index (χ1) is 12.1. The molecule has 1 saturated heterocycles. The minimum Gasteiger partial charge on any atom is -0.447 e. The van der Waals surface area contributed by atoms with E-state index in [4.69, 9.17) is 14.2 Å². The van der Waals surface area contributed by atoms with Crippen LogP contribution in [0.4, 0.5) is 4.79 Å².